The van der Waals surface area contributed by atoms with Crippen molar-refractivity contribution in [2.75, 3.05) is 13.2 Å². The van der Waals surface area contributed by atoms with Gasteiger partial charge in [-0.1, -0.05) is 12.2 Å². The van der Waals surface area contributed by atoms with Gasteiger partial charge in [0.25, 0.3) is 0 Å². The molecule has 2 rings (SSSR count). The molecular formula is C10H12O4. The lowest BCUT2D eigenvalue weighted by molar-refractivity contribution is -0.164. The van der Waals surface area contributed by atoms with Gasteiger partial charge >= 0.3 is 11.9 Å². The maximum Gasteiger partial charge on any atom is 0.324 e. The van der Waals surface area contributed by atoms with E-state index in [0.29, 0.717) is 19.6 Å². The van der Waals surface area contributed by atoms with Crippen molar-refractivity contribution in [1.82, 2.24) is 0 Å². The molecule has 4 heteroatoms. The van der Waals surface area contributed by atoms with E-state index in [-0.39, 0.29) is 5.92 Å². The fourth-order valence-corrected chi connectivity index (χ4v) is 2.04. The first-order valence-electron chi connectivity index (χ1n) is 4.73. The number of rotatable bonds is 2. The van der Waals surface area contributed by atoms with Gasteiger partial charge in [0.1, 0.15) is 0 Å². The molecular weight excluding hydrogens is 184 g/mol. The average Bonchev–Trinajstić information content (AvgIpc) is 2.68. The van der Waals surface area contributed by atoms with Crippen LogP contribution in [0.15, 0.2) is 12.2 Å². The van der Waals surface area contributed by atoms with Crippen molar-refractivity contribution in [2.24, 2.45) is 11.3 Å². The average molecular weight is 196 g/mol. The first kappa shape index (κ1) is 9.24. The highest BCUT2D eigenvalue weighted by molar-refractivity contribution is 6.02. The Balaban J connectivity index is 2.28. The highest BCUT2D eigenvalue weighted by atomic mass is 16.6. The molecule has 0 amide bonds. The Morgan fingerprint density at radius 3 is 3.29 bits per heavy atom. The number of ether oxygens (including phenoxy) is 2. The topological polar surface area (TPSA) is 52.6 Å². The molecule has 1 aliphatic carbocycles. The molecule has 1 heterocycles. The summed E-state index contributed by atoms with van der Waals surface area (Å²) in [7, 11) is 0. The predicted molar refractivity (Wildman–Crippen MR) is 47.3 cm³/mol. The van der Waals surface area contributed by atoms with E-state index < -0.39 is 17.4 Å². The van der Waals surface area contributed by atoms with Crippen molar-refractivity contribution < 1.29 is 19.1 Å². The summed E-state index contributed by atoms with van der Waals surface area (Å²) in [6.07, 6.45) is 4.12. The second-order valence-corrected chi connectivity index (χ2v) is 3.53. The van der Waals surface area contributed by atoms with Crippen LogP contribution in [-0.4, -0.2) is 25.2 Å². The lowest BCUT2D eigenvalue weighted by Gasteiger charge is -2.21. The van der Waals surface area contributed by atoms with Gasteiger partial charge in [-0.15, -0.1) is 0 Å². The Morgan fingerprint density at radius 1 is 1.79 bits per heavy atom. The van der Waals surface area contributed by atoms with Crippen molar-refractivity contribution in [3.05, 3.63) is 12.2 Å². The highest BCUT2D eigenvalue weighted by Gasteiger charge is 2.59. The Morgan fingerprint density at radius 2 is 2.57 bits per heavy atom. The van der Waals surface area contributed by atoms with Crippen molar-refractivity contribution >= 4 is 11.9 Å². The zero-order valence-electron chi connectivity index (χ0n) is 7.99. The van der Waals surface area contributed by atoms with Crippen LogP contribution in [-0.2, 0) is 19.1 Å². The van der Waals surface area contributed by atoms with Crippen LogP contribution in [0.25, 0.3) is 0 Å². The van der Waals surface area contributed by atoms with Crippen LogP contribution in [0.1, 0.15) is 13.3 Å². The molecule has 2 aliphatic rings. The van der Waals surface area contributed by atoms with E-state index in [0.717, 1.165) is 0 Å². The Kier molecular flexibility index (Phi) is 2.06. The van der Waals surface area contributed by atoms with E-state index in [2.05, 4.69) is 0 Å². The monoisotopic (exact) mass is 196 g/mol. The Hall–Kier alpha value is -1.32. The second kappa shape index (κ2) is 3.12. The highest BCUT2D eigenvalue weighted by Crippen LogP contribution is 2.45. The molecule has 0 N–H and O–H groups in total. The molecule has 0 aromatic carbocycles. The van der Waals surface area contributed by atoms with Gasteiger partial charge < -0.3 is 9.47 Å². The lowest BCUT2D eigenvalue weighted by Crippen LogP contribution is -2.39. The minimum Gasteiger partial charge on any atom is -0.465 e. The molecule has 2 unspecified atom stereocenters. The van der Waals surface area contributed by atoms with Crippen LogP contribution < -0.4 is 0 Å². The molecule has 0 aromatic heterocycles. The summed E-state index contributed by atoms with van der Waals surface area (Å²) >= 11 is 0. The maximum atomic E-state index is 11.7. The quantitative estimate of drug-likeness (QED) is 0.370. The summed E-state index contributed by atoms with van der Waals surface area (Å²) in [5.74, 6) is -1.02. The molecule has 0 saturated carbocycles. The van der Waals surface area contributed by atoms with Crippen LogP contribution in [0.2, 0.25) is 0 Å². The number of allylic oxidation sites excluding steroid dienone is 1. The van der Waals surface area contributed by atoms with E-state index in [9.17, 15) is 9.59 Å². The maximum absolute atomic E-state index is 11.7. The molecule has 4 nitrogen and oxygen atoms in total. The van der Waals surface area contributed by atoms with Gasteiger partial charge in [-0.3, -0.25) is 9.59 Å². The first-order chi connectivity index (χ1) is 6.71. The van der Waals surface area contributed by atoms with Crippen molar-refractivity contribution in [3.63, 3.8) is 0 Å². The molecule has 1 aliphatic heterocycles. The lowest BCUT2D eigenvalue weighted by atomic mass is 9.79. The van der Waals surface area contributed by atoms with Gasteiger partial charge in [0.15, 0.2) is 5.41 Å². The number of hydrogen-bond acceptors (Lipinski definition) is 4. The summed E-state index contributed by atoms with van der Waals surface area (Å²) < 4.78 is 9.82. The van der Waals surface area contributed by atoms with E-state index in [1.54, 1.807) is 6.92 Å². The van der Waals surface area contributed by atoms with E-state index in [1.165, 1.54) is 0 Å². The number of fused-ring (bicyclic) bond motifs is 1. The minimum absolute atomic E-state index is 0.131. The molecule has 0 radical (unpaired) electrons. The summed E-state index contributed by atoms with van der Waals surface area (Å²) in [6, 6.07) is 0. The zero-order valence-corrected chi connectivity index (χ0v) is 7.99. The first-order valence-corrected chi connectivity index (χ1v) is 4.73. The standard InChI is InChI=1S/C10H12O4/c1-2-13-8(11)10-5-3-4-7(10)6-14-9(10)12/h3-4,7H,2,5-6H2,1H3. The number of carbonyl (C=O) groups excluding carboxylic acids is 2. The van der Waals surface area contributed by atoms with Crippen LogP contribution in [0, 0.1) is 11.3 Å². The second-order valence-electron chi connectivity index (χ2n) is 3.53. The number of cyclic esters (lactones) is 1. The van der Waals surface area contributed by atoms with Crippen LogP contribution in [0.4, 0.5) is 0 Å². The summed E-state index contributed by atoms with van der Waals surface area (Å²) in [6.45, 7) is 2.32. The normalized spacial score (nSPS) is 34.1. The SMILES string of the molecule is CCOC(=O)C12CC=CC1COC2=O. The third kappa shape index (κ3) is 0.997. The van der Waals surface area contributed by atoms with Gasteiger partial charge in [0.2, 0.25) is 0 Å². The molecule has 14 heavy (non-hydrogen) atoms. The summed E-state index contributed by atoms with van der Waals surface area (Å²) in [5, 5.41) is 0. The van der Waals surface area contributed by atoms with Gasteiger partial charge in [-0.05, 0) is 13.3 Å². The third-order valence-electron chi connectivity index (χ3n) is 2.84. The van der Waals surface area contributed by atoms with Crippen LogP contribution in [0.3, 0.4) is 0 Å². The summed E-state index contributed by atoms with van der Waals surface area (Å²) in [4.78, 5) is 23.2. The molecule has 0 bridgehead atoms. The van der Waals surface area contributed by atoms with Gasteiger partial charge in [-0.25, -0.2) is 0 Å². The Bertz CT molecular complexity index is 307. The molecule has 1 saturated heterocycles. The molecule has 1 fully saturated rings. The van der Waals surface area contributed by atoms with E-state index in [1.807, 2.05) is 12.2 Å². The van der Waals surface area contributed by atoms with Crippen LogP contribution >= 0.6 is 0 Å². The van der Waals surface area contributed by atoms with Gasteiger partial charge in [0, 0.05) is 5.92 Å². The molecule has 0 spiro atoms. The smallest absolute Gasteiger partial charge is 0.324 e. The molecule has 76 valence electrons. The number of esters is 2. The number of carbonyl (C=O) groups is 2. The fraction of sp³-hybridized carbons (Fsp3) is 0.600. The minimum atomic E-state index is -1.06. The zero-order chi connectivity index (χ0) is 10.2. The fourth-order valence-electron chi connectivity index (χ4n) is 2.04. The van der Waals surface area contributed by atoms with Crippen molar-refractivity contribution in [1.29, 1.82) is 0 Å². The molecule has 2 atom stereocenters. The van der Waals surface area contributed by atoms with Gasteiger partial charge in [0.05, 0.1) is 13.2 Å². The van der Waals surface area contributed by atoms with E-state index >= 15 is 0 Å². The van der Waals surface area contributed by atoms with Crippen molar-refractivity contribution in [2.45, 2.75) is 13.3 Å². The van der Waals surface area contributed by atoms with Crippen LogP contribution in [0.5, 0.6) is 0 Å². The third-order valence-corrected chi connectivity index (χ3v) is 2.84. The summed E-state index contributed by atoms with van der Waals surface area (Å²) in [5.41, 5.74) is -1.06. The predicted octanol–water partition coefficient (Wildman–Crippen LogP) is 0.669. The van der Waals surface area contributed by atoms with Crippen molar-refractivity contribution in [3.8, 4) is 0 Å². The number of hydrogen-bond donors (Lipinski definition) is 0. The van der Waals surface area contributed by atoms with E-state index in [4.69, 9.17) is 9.47 Å². The largest absolute Gasteiger partial charge is 0.465 e. The molecule has 0 aromatic rings. The Labute approximate surface area is 81.9 Å². The van der Waals surface area contributed by atoms with Gasteiger partial charge in [-0.2, -0.15) is 0 Å².